The molecule has 0 fully saturated rings. The molecule has 8 nitrogen and oxygen atoms in total. The molecule has 12 heteroatoms. The molecule has 0 atom stereocenters. The van der Waals surface area contributed by atoms with Crippen LogP contribution in [0.25, 0.3) is 0 Å². The van der Waals surface area contributed by atoms with Gasteiger partial charge in [0, 0.05) is 17.2 Å². The SMILES string of the molecule is Cc1cc(Cl)ccc1Oc1cc(NC(=O)Cn2nc(C(F)F)c(Br)c2C)cc([N+](=O)[O-])c1. The van der Waals surface area contributed by atoms with Crippen LogP contribution in [0.5, 0.6) is 11.5 Å². The van der Waals surface area contributed by atoms with Gasteiger partial charge in [0.1, 0.15) is 23.7 Å². The number of halogens is 4. The molecule has 0 spiro atoms. The highest BCUT2D eigenvalue weighted by Crippen LogP contribution is 2.32. The fraction of sp³-hybridized carbons (Fsp3) is 0.200. The van der Waals surface area contributed by atoms with Gasteiger partial charge < -0.3 is 10.1 Å². The van der Waals surface area contributed by atoms with Gasteiger partial charge in [0.2, 0.25) is 5.91 Å². The number of alkyl halides is 2. The summed E-state index contributed by atoms with van der Waals surface area (Å²) in [6, 6.07) is 8.70. The summed E-state index contributed by atoms with van der Waals surface area (Å²) < 4.78 is 33.0. The first-order chi connectivity index (χ1) is 15.0. The minimum atomic E-state index is -2.81. The molecule has 168 valence electrons. The number of carbonyl (C=O) groups is 1. The normalized spacial score (nSPS) is 11.0. The van der Waals surface area contributed by atoms with Crippen molar-refractivity contribution in [3.63, 3.8) is 0 Å². The smallest absolute Gasteiger partial charge is 0.283 e. The van der Waals surface area contributed by atoms with E-state index in [0.29, 0.717) is 22.0 Å². The van der Waals surface area contributed by atoms with Crippen molar-refractivity contribution >= 4 is 44.8 Å². The highest BCUT2D eigenvalue weighted by atomic mass is 79.9. The van der Waals surface area contributed by atoms with Crippen LogP contribution in [0.2, 0.25) is 5.02 Å². The number of nitrogens with one attached hydrogen (secondary N) is 1. The molecule has 3 aromatic rings. The molecule has 1 amide bonds. The Balaban J connectivity index is 1.83. The maximum atomic E-state index is 13.0. The number of amides is 1. The summed E-state index contributed by atoms with van der Waals surface area (Å²) in [4.78, 5) is 23.2. The van der Waals surface area contributed by atoms with Gasteiger partial charge in [0.05, 0.1) is 26.8 Å². The first kappa shape index (κ1) is 23.6. The van der Waals surface area contributed by atoms with E-state index in [4.69, 9.17) is 16.3 Å². The second-order valence-corrected chi connectivity index (χ2v) is 8.01. The Morgan fingerprint density at radius 2 is 2.03 bits per heavy atom. The monoisotopic (exact) mass is 528 g/mol. The third kappa shape index (κ3) is 5.40. The minimum Gasteiger partial charge on any atom is -0.457 e. The average Bonchev–Trinajstić information content (AvgIpc) is 2.98. The maximum absolute atomic E-state index is 13.0. The van der Waals surface area contributed by atoms with Crippen LogP contribution in [0.15, 0.2) is 40.9 Å². The van der Waals surface area contributed by atoms with Gasteiger partial charge in [-0.05, 0) is 53.5 Å². The van der Waals surface area contributed by atoms with Gasteiger partial charge in [-0.1, -0.05) is 11.6 Å². The van der Waals surface area contributed by atoms with E-state index in [1.807, 2.05) is 0 Å². The van der Waals surface area contributed by atoms with E-state index in [2.05, 4.69) is 26.3 Å². The molecule has 0 unspecified atom stereocenters. The summed E-state index contributed by atoms with van der Waals surface area (Å²) in [7, 11) is 0. The van der Waals surface area contributed by atoms with Gasteiger partial charge in [-0.15, -0.1) is 0 Å². The molecule has 0 aliphatic heterocycles. The number of nitrogens with zero attached hydrogens (tertiary/aromatic N) is 3. The Morgan fingerprint density at radius 3 is 2.62 bits per heavy atom. The average molecular weight is 530 g/mol. The maximum Gasteiger partial charge on any atom is 0.283 e. The van der Waals surface area contributed by atoms with E-state index in [0.717, 1.165) is 10.7 Å². The van der Waals surface area contributed by atoms with Crippen molar-refractivity contribution in [3.8, 4) is 11.5 Å². The molecule has 1 aromatic heterocycles. The van der Waals surface area contributed by atoms with E-state index in [1.54, 1.807) is 25.1 Å². The molecule has 0 bridgehead atoms. The fourth-order valence-electron chi connectivity index (χ4n) is 2.85. The highest BCUT2D eigenvalue weighted by molar-refractivity contribution is 9.10. The third-order valence-corrected chi connectivity index (χ3v) is 5.62. The van der Waals surface area contributed by atoms with Crippen LogP contribution >= 0.6 is 27.5 Å². The minimum absolute atomic E-state index is 0.101. The molecular formula is C20H16BrClF2N4O4. The van der Waals surface area contributed by atoms with Crippen molar-refractivity contribution in [2.45, 2.75) is 26.8 Å². The standard InChI is InChI=1S/C20H16BrClF2N4O4/c1-10-5-12(22)3-4-16(10)32-15-7-13(6-14(8-15)28(30)31)25-17(29)9-27-11(2)18(21)19(26-27)20(23)24/h3-8,20H,9H2,1-2H3,(H,25,29). The Bertz CT molecular complexity index is 1200. The Kier molecular flexibility index (Phi) is 7.09. The van der Waals surface area contributed by atoms with Crippen LogP contribution in [-0.2, 0) is 11.3 Å². The number of rotatable bonds is 7. The summed E-state index contributed by atoms with van der Waals surface area (Å²) in [5.41, 5.74) is 0.381. The van der Waals surface area contributed by atoms with Gasteiger partial charge in [-0.2, -0.15) is 5.10 Å². The quantitative estimate of drug-likeness (QED) is 0.290. The number of carbonyl (C=O) groups excluding carboxylic acids is 1. The van der Waals surface area contributed by atoms with E-state index in [1.165, 1.54) is 19.1 Å². The van der Waals surface area contributed by atoms with Crippen molar-refractivity contribution in [1.29, 1.82) is 0 Å². The molecule has 0 aliphatic carbocycles. The molecule has 0 saturated heterocycles. The molecule has 0 saturated carbocycles. The summed E-state index contributed by atoms with van der Waals surface area (Å²) in [5.74, 6) is -0.0559. The molecule has 2 aromatic carbocycles. The largest absolute Gasteiger partial charge is 0.457 e. The predicted octanol–water partition coefficient (Wildman–Crippen LogP) is 6.19. The van der Waals surface area contributed by atoms with E-state index in [9.17, 15) is 23.7 Å². The second kappa shape index (κ2) is 9.61. The Labute approximate surface area is 194 Å². The summed E-state index contributed by atoms with van der Waals surface area (Å²) >= 11 is 8.97. The topological polar surface area (TPSA) is 99.3 Å². The van der Waals surface area contributed by atoms with Crippen LogP contribution in [0, 0.1) is 24.0 Å². The lowest BCUT2D eigenvalue weighted by Crippen LogP contribution is -2.20. The van der Waals surface area contributed by atoms with E-state index in [-0.39, 0.29) is 28.1 Å². The Morgan fingerprint density at radius 1 is 1.31 bits per heavy atom. The van der Waals surface area contributed by atoms with Gasteiger partial charge in [0.15, 0.2) is 0 Å². The van der Waals surface area contributed by atoms with Crippen molar-refractivity contribution in [2.75, 3.05) is 5.32 Å². The van der Waals surface area contributed by atoms with Crippen molar-refractivity contribution in [3.05, 3.63) is 73.0 Å². The first-order valence-corrected chi connectivity index (χ1v) is 10.3. The van der Waals surface area contributed by atoms with Gasteiger partial charge in [-0.25, -0.2) is 8.78 Å². The van der Waals surface area contributed by atoms with Crippen molar-refractivity contribution in [1.82, 2.24) is 9.78 Å². The van der Waals surface area contributed by atoms with Crippen molar-refractivity contribution in [2.24, 2.45) is 0 Å². The van der Waals surface area contributed by atoms with E-state index < -0.39 is 22.9 Å². The second-order valence-electron chi connectivity index (χ2n) is 6.78. The van der Waals surface area contributed by atoms with Crippen LogP contribution in [0.4, 0.5) is 20.2 Å². The summed E-state index contributed by atoms with van der Waals surface area (Å²) in [5, 5.41) is 18.1. The van der Waals surface area contributed by atoms with E-state index >= 15 is 0 Å². The molecule has 32 heavy (non-hydrogen) atoms. The number of hydrogen-bond donors (Lipinski definition) is 1. The molecule has 1 N–H and O–H groups in total. The van der Waals surface area contributed by atoms with Crippen LogP contribution in [-0.4, -0.2) is 20.6 Å². The lowest BCUT2D eigenvalue weighted by Gasteiger charge is -2.12. The number of aryl methyl sites for hydroxylation is 1. The summed E-state index contributed by atoms with van der Waals surface area (Å²) in [6.45, 7) is 2.93. The predicted molar refractivity (Wildman–Crippen MR) is 118 cm³/mol. The zero-order valence-corrected chi connectivity index (χ0v) is 19.1. The zero-order chi connectivity index (χ0) is 23.6. The number of anilines is 1. The van der Waals surface area contributed by atoms with Gasteiger partial charge >= 0.3 is 0 Å². The van der Waals surface area contributed by atoms with Crippen LogP contribution in [0.3, 0.4) is 0 Å². The lowest BCUT2D eigenvalue weighted by molar-refractivity contribution is -0.384. The Hall–Kier alpha value is -3.05. The number of aromatic nitrogens is 2. The van der Waals surface area contributed by atoms with Crippen LogP contribution in [0.1, 0.15) is 23.4 Å². The lowest BCUT2D eigenvalue weighted by atomic mass is 10.2. The zero-order valence-electron chi connectivity index (χ0n) is 16.7. The van der Waals surface area contributed by atoms with Gasteiger partial charge in [0.25, 0.3) is 12.1 Å². The number of non-ortho nitro benzene ring substituents is 1. The molecule has 3 rings (SSSR count). The molecule has 0 aliphatic rings. The number of nitro groups is 1. The van der Waals surface area contributed by atoms with Crippen molar-refractivity contribution < 1.29 is 23.2 Å². The summed E-state index contributed by atoms with van der Waals surface area (Å²) in [6.07, 6.45) is -2.81. The van der Waals surface area contributed by atoms with Gasteiger partial charge in [-0.3, -0.25) is 19.6 Å². The number of benzene rings is 2. The number of nitro benzene ring substituents is 1. The molecule has 0 radical (unpaired) electrons. The highest BCUT2D eigenvalue weighted by Gasteiger charge is 2.21. The van der Waals surface area contributed by atoms with Crippen LogP contribution < -0.4 is 10.1 Å². The number of hydrogen-bond acceptors (Lipinski definition) is 5. The third-order valence-electron chi connectivity index (χ3n) is 4.41. The fourth-order valence-corrected chi connectivity index (χ4v) is 3.54. The first-order valence-electron chi connectivity index (χ1n) is 9.09. The molecule has 1 heterocycles. The molecular weight excluding hydrogens is 514 g/mol. The number of ether oxygens (including phenoxy) is 1.